The molecule has 2 aliphatic rings. The molecule has 2 aliphatic heterocycles. The zero-order valence-corrected chi connectivity index (χ0v) is 16.0. The van der Waals surface area contributed by atoms with Crippen molar-refractivity contribution in [3.8, 4) is 10.7 Å². The van der Waals surface area contributed by atoms with Crippen molar-refractivity contribution >= 4 is 17.2 Å². The second kappa shape index (κ2) is 8.31. The third kappa shape index (κ3) is 4.44. The highest BCUT2D eigenvalue weighted by molar-refractivity contribution is 7.13. The van der Waals surface area contributed by atoms with Gasteiger partial charge in [-0.2, -0.15) is 0 Å². The van der Waals surface area contributed by atoms with E-state index in [9.17, 15) is 9.59 Å². The smallest absolute Gasteiger partial charge is 0.251 e. The molecule has 1 unspecified atom stereocenters. The first-order valence-corrected chi connectivity index (χ1v) is 10.5. The summed E-state index contributed by atoms with van der Waals surface area (Å²) >= 11 is 1.47. The molecule has 0 spiro atoms. The number of H-pyrrole nitrogens is 1. The van der Waals surface area contributed by atoms with Gasteiger partial charge >= 0.3 is 0 Å². The quantitative estimate of drug-likeness (QED) is 0.850. The number of rotatable bonds is 5. The fourth-order valence-electron chi connectivity index (χ4n) is 3.85. The second-order valence-corrected chi connectivity index (χ2v) is 8.08. The molecule has 27 heavy (non-hydrogen) atoms. The van der Waals surface area contributed by atoms with Crippen LogP contribution in [-0.4, -0.2) is 51.6 Å². The minimum Gasteiger partial charge on any atom is -0.378 e. The second-order valence-electron chi connectivity index (χ2n) is 7.18. The van der Waals surface area contributed by atoms with Crippen molar-refractivity contribution in [3.05, 3.63) is 33.8 Å². The number of amides is 1. The van der Waals surface area contributed by atoms with Crippen molar-refractivity contribution in [3.63, 3.8) is 0 Å². The summed E-state index contributed by atoms with van der Waals surface area (Å²) in [6.07, 6.45) is 7.16. The van der Waals surface area contributed by atoms with Gasteiger partial charge in [0.05, 0.1) is 6.10 Å². The van der Waals surface area contributed by atoms with Crippen molar-refractivity contribution < 1.29 is 9.53 Å². The van der Waals surface area contributed by atoms with E-state index in [0.717, 1.165) is 43.7 Å². The molecule has 8 heteroatoms. The Hall–Kier alpha value is -2.06. The fourth-order valence-corrected chi connectivity index (χ4v) is 4.44. The number of aromatic amines is 1. The molecule has 2 saturated heterocycles. The average Bonchev–Trinajstić information content (AvgIpc) is 3.39. The van der Waals surface area contributed by atoms with Gasteiger partial charge in [-0.25, -0.2) is 9.97 Å². The molecular formula is C19H24N4O3S. The van der Waals surface area contributed by atoms with Crippen LogP contribution >= 0.6 is 11.3 Å². The van der Waals surface area contributed by atoms with E-state index in [-0.39, 0.29) is 23.5 Å². The minimum absolute atomic E-state index is 0.153. The van der Waals surface area contributed by atoms with Crippen LogP contribution < -0.4 is 5.56 Å². The van der Waals surface area contributed by atoms with Crippen LogP contribution in [0.3, 0.4) is 0 Å². The predicted molar refractivity (Wildman–Crippen MR) is 103 cm³/mol. The van der Waals surface area contributed by atoms with E-state index in [2.05, 4.69) is 15.0 Å². The summed E-state index contributed by atoms with van der Waals surface area (Å²) in [7, 11) is 0. The van der Waals surface area contributed by atoms with Crippen LogP contribution in [0.25, 0.3) is 10.7 Å². The third-order valence-electron chi connectivity index (χ3n) is 5.35. The van der Waals surface area contributed by atoms with Gasteiger partial charge in [-0.3, -0.25) is 9.59 Å². The molecule has 4 heterocycles. The monoisotopic (exact) mass is 388 g/mol. The molecule has 1 amide bonds. The molecule has 0 aromatic carbocycles. The zero-order valence-electron chi connectivity index (χ0n) is 15.2. The molecule has 0 saturated carbocycles. The van der Waals surface area contributed by atoms with E-state index in [0.29, 0.717) is 31.0 Å². The topological polar surface area (TPSA) is 88.2 Å². The van der Waals surface area contributed by atoms with Crippen molar-refractivity contribution in [2.75, 3.05) is 19.7 Å². The maximum Gasteiger partial charge on any atom is 0.251 e. The summed E-state index contributed by atoms with van der Waals surface area (Å²) < 4.78 is 5.60. The van der Waals surface area contributed by atoms with Crippen LogP contribution in [0.1, 0.15) is 50.3 Å². The fraction of sp³-hybridized carbons (Fsp3) is 0.579. The van der Waals surface area contributed by atoms with Crippen molar-refractivity contribution in [2.45, 2.75) is 50.5 Å². The highest BCUT2D eigenvalue weighted by Gasteiger charge is 2.26. The summed E-state index contributed by atoms with van der Waals surface area (Å²) in [6, 6.07) is 1.49. The summed E-state index contributed by atoms with van der Waals surface area (Å²) in [5.41, 5.74) is 0.471. The molecule has 0 bridgehead atoms. The number of hydrogen-bond donors (Lipinski definition) is 1. The molecule has 144 valence electrons. The Morgan fingerprint density at radius 2 is 2.19 bits per heavy atom. The van der Waals surface area contributed by atoms with Gasteiger partial charge in [0.2, 0.25) is 5.91 Å². The number of carbonyl (C=O) groups excluding carboxylic acids is 1. The van der Waals surface area contributed by atoms with Crippen molar-refractivity contribution in [1.82, 2.24) is 19.9 Å². The summed E-state index contributed by atoms with van der Waals surface area (Å²) in [6.45, 7) is 2.25. The van der Waals surface area contributed by atoms with E-state index in [4.69, 9.17) is 4.74 Å². The van der Waals surface area contributed by atoms with E-state index in [1.807, 2.05) is 10.3 Å². The zero-order chi connectivity index (χ0) is 18.6. The lowest BCUT2D eigenvalue weighted by atomic mass is 9.95. The van der Waals surface area contributed by atoms with Crippen LogP contribution in [-0.2, 0) is 9.53 Å². The number of thiazole rings is 1. The first kappa shape index (κ1) is 18.3. The Bertz CT molecular complexity index is 822. The van der Waals surface area contributed by atoms with Crippen molar-refractivity contribution in [1.29, 1.82) is 0 Å². The van der Waals surface area contributed by atoms with Crippen molar-refractivity contribution in [2.24, 2.45) is 0 Å². The van der Waals surface area contributed by atoms with E-state index in [1.165, 1.54) is 17.4 Å². The number of nitrogens with one attached hydrogen (secondary N) is 1. The Labute approximate surface area is 161 Å². The molecule has 7 nitrogen and oxygen atoms in total. The van der Waals surface area contributed by atoms with E-state index in [1.54, 1.807) is 6.20 Å². The average molecular weight is 388 g/mol. The van der Waals surface area contributed by atoms with Gasteiger partial charge in [-0.15, -0.1) is 11.3 Å². The Morgan fingerprint density at radius 1 is 1.33 bits per heavy atom. The Morgan fingerprint density at radius 3 is 2.89 bits per heavy atom. The molecule has 0 aliphatic carbocycles. The summed E-state index contributed by atoms with van der Waals surface area (Å²) in [5, 5.41) is 2.63. The van der Waals surface area contributed by atoms with Crippen LogP contribution in [0.15, 0.2) is 22.4 Å². The first-order chi connectivity index (χ1) is 13.2. The van der Waals surface area contributed by atoms with Crippen LogP contribution in [0.5, 0.6) is 0 Å². The minimum atomic E-state index is -0.153. The predicted octanol–water partition coefficient (Wildman–Crippen LogP) is 2.56. The van der Waals surface area contributed by atoms with Gasteiger partial charge in [0.1, 0.15) is 16.5 Å². The molecule has 1 atom stereocenters. The van der Waals surface area contributed by atoms with Crippen LogP contribution in [0.2, 0.25) is 0 Å². The van der Waals surface area contributed by atoms with Crippen LogP contribution in [0, 0.1) is 0 Å². The SMILES string of the molecule is O=C(CCC1CCCO1)N1CCC(c2nc(-c3nccs3)cc(=O)[nH]2)CC1. The standard InChI is InChI=1S/C19H24N4O3S/c24-16-12-15(19-20-7-11-27-19)21-18(22-16)13-5-8-23(9-6-13)17(25)4-3-14-2-1-10-26-14/h7,11-14H,1-6,8-10H2,(H,21,22,24). The van der Waals surface area contributed by atoms with Crippen LogP contribution in [0.4, 0.5) is 0 Å². The molecule has 2 fully saturated rings. The van der Waals surface area contributed by atoms with Gasteiger partial charge in [0.15, 0.2) is 0 Å². The van der Waals surface area contributed by atoms with E-state index >= 15 is 0 Å². The lowest BCUT2D eigenvalue weighted by Crippen LogP contribution is -2.38. The highest BCUT2D eigenvalue weighted by Crippen LogP contribution is 2.27. The maximum absolute atomic E-state index is 12.5. The van der Waals surface area contributed by atoms with Gasteiger partial charge in [0.25, 0.3) is 5.56 Å². The van der Waals surface area contributed by atoms with Gasteiger partial charge in [0, 0.05) is 49.7 Å². The molecule has 1 N–H and O–H groups in total. The summed E-state index contributed by atoms with van der Waals surface area (Å²) in [5.74, 6) is 1.08. The molecule has 2 aromatic rings. The Balaban J connectivity index is 1.35. The number of carbonyl (C=O) groups is 1. The Kier molecular flexibility index (Phi) is 5.63. The summed E-state index contributed by atoms with van der Waals surface area (Å²) in [4.78, 5) is 38.2. The lowest BCUT2D eigenvalue weighted by molar-refractivity contribution is -0.132. The largest absolute Gasteiger partial charge is 0.378 e. The van der Waals surface area contributed by atoms with Gasteiger partial charge in [-0.1, -0.05) is 0 Å². The third-order valence-corrected chi connectivity index (χ3v) is 6.15. The maximum atomic E-state index is 12.5. The molecule has 4 rings (SSSR count). The number of piperidine rings is 1. The van der Waals surface area contributed by atoms with Gasteiger partial charge < -0.3 is 14.6 Å². The molecular weight excluding hydrogens is 364 g/mol. The number of nitrogens with zero attached hydrogens (tertiary/aromatic N) is 3. The highest BCUT2D eigenvalue weighted by atomic mass is 32.1. The lowest BCUT2D eigenvalue weighted by Gasteiger charge is -2.31. The number of aromatic nitrogens is 3. The van der Waals surface area contributed by atoms with E-state index < -0.39 is 0 Å². The van der Waals surface area contributed by atoms with Gasteiger partial charge in [-0.05, 0) is 32.1 Å². The number of hydrogen-bond acceptors (Lipinski definition) is 6. The first-order valence-electron chi connectivity index (χ1n) is 9.59. The molecule has 0 radical (unpaired) electrons. The molecule has 2 aromatic heterocycles. The normalized spacial score (nSPS) is 20.9. The number of ether oxygens (including phenoxy) is 1. The number of likely N-dealkylation sites (tertiary alicyclic amines) is 1.